The highest BCUT2D eigenvalue weighted by molar-refractivity contribution is 9.10. The van der Waals surface area contributed by atoms with Crippen molar-refractivity contribution in [2.75, 3.05) is 25.1 Å². The maximum absolute atomic E-state index is 12.9. The second-order valence-electron chi connectivity index (χ2n) is 4.88. The van der Waals surface area contributed by atoms with Crippen LogP contribution in [0, 0.1) is 0 Å². The van der Waals surface area contributed by atoms with Crippen molar-refractivity contribution in [2.24, 2.45) is 0 Å². The molecule has 3 nitrogen and oxygen atoms in total. The predicted octanol–water partition coefficient (Wildman–Crippen LogP) is 3.42. The molecule has 1 aromatic carbocycles. The third-order valence-electron chi connectivity index (χ3n) is 3.32. The maximum atomic E-state index is 12.9. The van der Waals surface area contributed by atoms with Gasteiger partial charge in [0.1, 0.15) is 0 Å². The summed E-state index contributed by atoms with van der Waals surface area (Å²) in [7, 11) is 0. The van der Waals surface area contributed by atoms with E-state index < -0.39 is 17.3 Å². The molecular weight excluding hydrogens is 339 g/mol. The first-order valence-electron chi connectivity index (χ1n) is 6.21. The fraction of sp³-hybridized carbons (Fsp3) is 0.538. The lowest BCUT2D eigenvalue weighted by molar-refractivity contribution is -0.137. The van der Waals surface area contributed by atoms with E-state index >= 15 is 0 Å². The highest BCUT2D eigenvalue weighted by atomic mass is 79.9. The first-order chi connectivity index (χ1) is 9.30. The van der Waals surface area contributed by atoms with E-state index in [1.807, 2.05) is 0 Å². The molecule has 7 heteroatoms. The monoisotopic (exact) mass is 353 g/mol. The normalized spacial score (nSPS) is 18.9. The van der Waals surface area contributed by atoms with Gasteiger partial charge < -0.3 is 15.2 Å². The summed E-state index contributed by atoms with van der Waals surface area (Å²) in [6.07, 6.45) is -3.61. The molecule has 0 unspecified atom stereocenters. The molecule has 2 rings (SSSR count). The summed E-state index contributed by atoms with van der Waals surface area (Å²) in [5.41, 5.74) is -1.79. The Bertz CT molecular complexity index is 473. The van der Waals surface area contributed by atoms with E-state index in [1.165, 1.54) is 12.1 Å². The maximum Gasteiger partial charge on any atom is 0.418 e. The van der Waals surface area contributed by atoms with E-state index in [4.69, 9.17) is 4.74 Å². The molecule has 0 bridgehead atoms. The Labute approximate surface area is 123 Å². The van der Waals surface area contributed by atoms with Gasteiger partial charge in [-0.15, -0.1) is 0 Å². The molecule has 112 valence electrons. The van der Waals surface area contributed by atoms with E-state index in [0.717, 1.165) is 6.07 Å². The Kier molecular flexibility index (Phi) is 4.61. The van der Waals surface area contributed by atoms with Crippen LogP contribution in [0.2, 0.25) is 0 Å². The summed E-state index contributed by atoms with van der Waals surface area (Å²) >= 11 is 3.03. The number of hydrogen-bond acceptors (Lipinski definition) is 3. The predicted molar refractivity (Wildman–Crippen MR) is 72.6 cm³/mol. The quantitative estimate of drug-likeness (QED) is 0.874. The van der Waals surface area contributed by atoms with Crippen molar-refractivity contribution >= 4 is 21.6 Å². The zero-order chi connectivity index (χ0) is 14.8. The summed E-state index contributed by atoms with van der Waals surface area (Å²) in [6, 6.07) is 3.91. The van der Waals surface area contributed by atoms with Gasteiger partial charge in [-0.2, -0.15) is 13.2 Å². The minimum atomic E-state index is -4.44. The Morgan fingerprint density at radius 3 is 2.55 bits per heavy atom. The van der Waals surface area contributed by atoms with E-state index in [1.54, 1.807) is 0 Å². The minimum Gasteiger partial charge on any atom is -0.388 e. The van der Waals surface area contributed by atoms with Crippen molar-refractivity contribution in [3.05, 3.63) is 28.2 Å². The number of ether oxygens (including phenoxy) is 1. The third-order valence-corrected chi connectivity index (χ3v) is 3.81. The van der Waals surface area contributed by atoms with Crippen LogP contribution in [0.15, 0.2) is 22.7 Å². The van der Waals surface area contributed by atoms with Crippen LogP contribution in [-0.4, -0.2) is 30.5 Å². The molecule has 0 radical (unpaired) electrons. The summed E-state index contributed by atoms with van der Waals surface area (Å²) in [6.45, 7) is 0.913. The molecule has 1 aromatic rings. The molecular formula is C13H15BrF3NO2. The van der Waals surface area contributed by atoms with Gasteiger partial charge in [0.15, 0.2) is 0 Å². The number of benzene rings is 1. The fourth-order valence-corrected chi connectivity index (χ4v) is 2.45. The van der Waals surface area contributed by atoms with Gasteiger partial charge in [0.2, 0.25) is 0 Å². The van der Waals surface area contributed by atoms with Crippen LogP contribution in [0.4, 0.5) is 18.9 Å². The first-order valence-corrected chi connectivity index (χ1v) is 7.00. The van der Waals surface area contributed by atoms with E-state index in [-0.39, 0.29) is 12.2 Å². The van der Waals surface area contributed by atoms with Crippen LogP contribution < -0.4 is 5.32 Å². The molecule has 20 heavy (non-hydrogen) atoms. The number of aliphatic hydroxyl groups is 1. The van der Waals surface area contributed by atoms with Crippen LogP contribution in [0.5, 0.6) is 0 Å². The smallest absolute Gasteiger partial charge is 0.388 e. The SMILES string of the molecule is OC1(CNc2ccc(Br)cc2C(F)(F)F)CCOCC1. The number of halogens is 4. The van der Waals surface area contributed by atoms with Gasteiger partial charge >= 0.3 is 6.18 Å². The summed E-state index contributed by atoms with van der Waals surface area (Å²) in [4.78, 5) is 0. The molecule has 0 saturated carbocycles. The number of alkyl halides is 3. The average molecular weight is 354 g/mol. The summed E-state index contributed by atoms with van der Waals surface area (Å²) in [5, 5.41) is 13.0. The Morgan fingerprint density at radius 1 is 1.30 bits per heavy atom. The van der Waals surface area contributed by atoms with Gasteiger partial charge in [-0.25, -0.2) is 0 Å². The van der Waals surface area contributed by atoms with Crippen LogP contribution in [0.3, 0.4) is 0 Å². The topological polar surface area (TPSA) is 41.5 Å². The molecule has 1 aliphatic heterocycles. The van der Waals surface area contributed by atoms with Crippen molar-refractivity contribution in [1.82, 2.24) is 0 Å². The van der Waals surface area contributed by atoms with E-state index in [2.05, 4.69) is 21.2 Å². The van der Waals surface area contributed by atoms with Gasteiger partial charge in [0.05, 0.1) is 11.2 Å². The third kappa shape index (κ3) is 3.86. The molecule has 1 aliphatic rings. The van der Waals surface area contributed by atoms with Crippen LogP contribution in [0.1, 0.15) is 18.4 Å². The zero-order valence-electron chi connectivity index (χ0n) is 10.6. The molecule has 0 spiro atoms. The highest BCUT2D eigenvalue weighted by Crippen LogP contribution is 2.37. The van der Waals surface area contributed by atoms with Gasteiger partial charge in [0, 0.05) is 42.8 Å². The van der Waals surface area contributed by atoms with Crippen molar-refractivity contribution in [3.63, 3.8) is 0 Å². The average Bonchev–Trinajstić information content (AvgIpc) is 2.37. The second kappa shape index (κ2) is 5.91. The minimum absolute atomic E-state index is 0.0272. The highest BCUT2D eigenvalue weighted by Gasteiger charge is 2.35. The first kappa shape index (κ1) is 15.6. The van der Waals surface area contributed by atoms with Crippen molar-refractivity contribution in [2.45, 2.75) is 24.6 Å². The molecule has 0 atom stereocenters. The van der Waals surface area contributed by atoms with Gasteiger partial charge in [-0.3, -0.25) is 0 Å². The molecule has 1 saturated heterocycles. The zero-order valence-corrected chi connectivity index (χ0v) is 12.2. The van der Waals surface area contributed by atoms with E-state index in [9.17, 15) is 18.3 Å². The summed E-state index contributed by atoms with van der Waals surface area (Å²) in [5.74, 6) is 0. The molecule has 0 aromatic heterocycles. The van der Waals surface area contributed by atoms with Gasteiger partial charge in [-0.1, -0.05) is 15.9 Å². The van der Waals surface area contributed by atoms with E-state index in [0.29, 0.717) is 30.5 Å². The Morgan fingerprint density at radius 2 is 1.95 bits per heavy atom. The lowest BCUT2D eigenvalue weighted by Gasteiger charge is -2.32. The second-order valence-corrected chi connectivity index (χ2v) is 5.79. The van der Waals surface area contributed by atoms with Crippen molar-refractivity contribution < 1.29 is 23.0 Å². The number of hydrogen-bond donors (Lipinski definition) is 2. The Hall–Kier alpha value is -0.790. The van der Waals surface area contributed by atoms with Crippen molar-refractivity contribution in [1.29, 1.82) is 0 Å². The van der Waals surface area contributed by atoms with Crippen LogP contribution in [-0.2, 0) is 10.9 Å². The largest absolute Gasteiger partial charge is 0.418 e. The number of nitrogens with one attached hydrogen (secondary N) is 1. The number of anilines is 1. The lowest BCUT2D eigenvalue weighted by Crippen LogP contribution is -2.42. The summed E-state index contributed by atoms with van der Waals surface area (Å²) < 4.78 is 44.3. The molecule has 0 aliphatic carbocycles. The molecule has 1 fully saturated rings. The standard InChI is InChI=1S/C13H15BrF3NO2/c14-9-1-2-11(10(7-9)13(15,16)17)18-8-12(19)3-5-20-6-4-12/h1-2,7,18-19H,3-6,8H2. The van der Waals surface area contributed by atoms with Gasteiger partial charge in [0.25, 0.3) is 0 Å². The fourth-order valence-electron chi connectivity index (χ4n) is 2.09. The van der Waals surface area contributed by atoms with Crippen molar-refractivity contribution in [3.8, 4) is 0 Å². The molecule has 0 amide bonds. The Balaban J connectivity index is 2.13. The molecule has 1 heterocycles. The number of rotatable bonds is 3. The molecule has 2 N–H and O–H groups in total. The lowest BCUT2D eigenvalue weighted by atomic mass is 9.94. The van der Waals surface area contributed by atoms with Crippen LogP contribution >= 0.6 is 15.9 Å². The van der Waals surface area contributed by atoms with Crippen LogP contribution in [0.25, 0.3) is 0 Å². The van der Waals surface area contributed by atoms with Gasteiger partial charge in [-0.05, 0) is 18.2 Å².